The third kappa shape index (κ3) is 4.99. The summed E-state index contributed by atoms with van der Waals surface area (Å²) in [5.74, 6) is 0.347. The fourth-order valence-corrected chi connectivity index (χ4v) is 3.00. The average molecular weight is 299 g/mol. The lowest BCUT2D eigenvalue weighted by atomic mass is 10.1. The zero-order chi connectivity index (χ0) is 14.4. The fourth-order valence-electron chi connectivity index (χ4n) is 1.99. The Bertz CT molecular complexity index is 510. The van der Waals surface area contributed by atoms with Gasteiger partial charge in [0.05, 0.1) is 12.4 Å². The van der Waals surface area contributed by atoms with Crippen LogP contribution in [0.1, 0.15) is 6.42 Å². The van der Waals surface area contributed by atoms with E-state index in [2.05, 4.69) is 10.0 Å². The normalized spacial score (nSPS) is 19.1. The summed E-state index contributed by atoms with van der Waals surface area (Å²) in [5, 5.41) is 3.06. The van der Waals surface area contributed by atoms with E-state index < -0.39 is 10.0 Å². The number of rotatable bonds is 7. The first-order valence-electron chi connectivity index (χ1n) is 6.70. The van der Waals surface area contributed by atoms with E-state index in [9.17, 15) is 8.42 Å². The van der Waals surface area contributed by atoms with Crippen LogP contribution in [-0.4, -0.2) is 40.5 Å². The molecule has 112 valence electrons. The van der Waals surface area contributed by atoms with Gasteiger partial charge in [-0.25, -0.2) is 13.1 Å². The van der Waals surface area contributed by atoms with Crippen LogP contribution in [0.15, 0.2) is 24.3 Å². The van der Waals surface area contributed by atoms with Crippen molar-refractivity contribution in [2.45, 2.75) is 6.42 Å². The zero-order valence-corrected chi connectivity index (χ0v) is 12.2. The molecule has 0 aliphatic carbocycles. The van der Waals surface area contributed by atoms with Crippen LogP contribution in [0.2, 0.25) is 0 Å². The van der Waals surface area contributed by atoms with Crippen molar-refractivity contribution in [1.29, 1.82) is 0 Å². The van der Waals surface area contributed by atoms with E-state index in [4.69, 9.17) is 10.5 Å². The molecule has 7 heteroatoms. The van der Waals surface area contributed by atoms with Gasteiger partial charge in [-0.3, -0.25) is 0 Å². The van der Waals surface area contributed by atoms with E-state index in [0.29, 0.717) is 31.3 Å². The van der Waals surface area contributed by atoms with Gasteiger partial charge in [0.25, 0.3) is 0 Å². The van der Waals surface area contributed by atoms with Crippen molar-refractivity contribution in [3.63, 3.8) is 0 Å². The molecule has 1 aliphatic rings. The fraction of sp³-hybridized carbons (Fsp3) is 0.538. The van der Waals surface area contributed by atoms with Crippen LogP contribution in [0.25, 0.3) is 0 Å². The van der Waals surface area contributed by atoms with Crippen molar-refractivity contribution in [3.05, 3.63) is 24.3 Å². The number of nitrogens with two attached hydrogens (primary N) is 1. The topological polar surface area (TPSA) is 93.5 Å². The summed E-state index contributed by atoms with van der Waals surface area (Å²) in [6, 6.07) is 7.20. The quantitative estimate of drug-likeness (QED) is 0.642. The Morgan fingerprint density at radius 3 is 2.70 bits per heavy atom. The molecule has 6 nitrogen and oxygen atoms in total. The maximum absolute atomic E-state index is 11.8. The van der Waals surface area contributed by atoms with Crippen molar-refractivity contribution < 1.29 is 13.2 Å². The van der Waals surface area contributed by atoms with Gasteiger partial charge in [0, 0.05) is 31.1 Å². The Balaban J connectivity index is 1.70. The van der Waals surface area contributed by atoms with E-state index >= 15 is 0 Å². The molecule has 0 aromatic heterocycles. The van der Waals surface area contributed by atoms with Gasteiger partial charge in [0.1, 0.15) is 0 Å². The lowest BCUT2D eigenvalue weighted by Gasteiger charge is -2.11. The molecule has 0 saturated carbocycles. The van der Waals surface area contributed by atoms with Crippen LogP contribution in [-0.2, 0) is 14.8 Å². The highest BCUT2D eigenvalue weighted by molar-refractivity contribution is 7.89. The molecule has 2 rings (SSSR count). The summed E-state index contributed by atoms with van der Waals surface area (Å²) < 4.78 is 31.5. The van der Waals surface area contributed by atoms with E-state index in [1.807, 2.05) is 12.1 Å². The molecule has 1 fully saturated rings. The molecule has 1 aromatic carbocycles. The summed E-state index contributed by atoms with van der Waals surface area (Å²) in [6.45, 7) is 2.20. The molecule has 1 aromatic rings. The summed E-state index contributed by atoms with van der Waals surface area (Å²) >= 11 is 0. The van der Waals surface area contributed by atoms with Gasteiger partial charge in [0.2, 0.25) is 10.0 Å². The van der Waals surface area contributed by atoms with Crippen molar-refractivity contribution in [2.75, 3.05) is 43.1 Å². The minimum Gasteiger partial charge on any atom is -0.399 e. The van der Waals surface area contributed by atoms with Gasteiger partial charge in [-0.05, 0) is 36.6 Å². The highest BCUT2D eigenvalue weighted by atomic mass is 32.2. The molecule has 0 spiro atoms. The first kappa shape index (κ1) is 15.1. The van der Waals surface area contributed by atoms with Crippen molar-refractivity contribution in [3.8, 4) is 0 Å². The standard InChI is InChI=1S/C13H21N3O3S/c14-12-1-3-13(4-2-12)15-6-8-20(17,18)16-9-11-5-7-19-10-11/h1-4,11,15-16H,5-10,14H2. The second kappa shape index (κ2) is 6.92. The smallest absolute Gasteiger partial charge is 0.213 e. The average Bonchev–Trinajstić information content (AvgIpc) is 2.92. The Kier molecular flexibility index (Phi) is 5.22. The Morgan fingerprint density at radius 2 is 2.05 bits per heavy atom. The summed E-state index contributed by atoms with van der Waals surface area (Å²) in [6.07, 6.45) is 0.923. The van der Waals surface area contributed by atoms with Crippen LogP contribution < -0.4 is 15.8 Å². The Morgan fingerprint density at radius 1 is 1.30 bits per heavy atom. The molecule has 20 heavy (non-hydrogen) atoms. The second-order valence-corrected chi connectivity index (χ2v) is 6.87. The predicted molar refractivity (Wildman–Crippen MR) is 80.1 cm³/mol. The molecule has 0 bridgehead atoms. The van der Waals surface area contributed by atoms with Gasteiger partial charge in [-0.1, -0.05) is 0 Å². The highest BCUT2D eigenvalue weighted by Gasteiger charge is 2.18. The second-order valence-electron chi connectivity index (χ2n) is 4.95. The first-order chi connectivity index (χ1) is 9.55. The van der Waals surface area contributed by atoms with Gasteiger partial charge in [-0.15, -0.1) is 0 Å². The van der Waals surface area contributed by atoms with E-state index in [-0.39, 0.29) is 5.75 Å². The lowest BCUT2D eigenvalue weighted by molar-refractivity contribution is 0.186. The molecule has 0 radical (unpaired) electrons. The molecule has 1 heterocycles. The van der Waals surface area contributed by atoms with Gasteiger partial charge in [0.15, 0.2) is 0 Å². The third-order valence-corrected chi connectivity index (χ3v) is 4.57. The van der Waals surface area contributed by atoms with Gasteiger partial charge >= 0.3 is 0 Å². The molecule has 0 amide bonds. The van der Waals surface area contributed by atoms with E-state index in [1.165, 1.54) is 0 Å². The predicted octanol–water partition coefficient (Wildman–Crippen LogP) is 0.637. The van der Waals surface area contributed by atoms with E-state index in [1.54, 1.807) is 12.1 Å². The number of nitrogens with one attached hydrogen (secondary N) is 2. The number of sulfonamides is 1. The van der Waals surface area contributed by atoms with Crippen LogP contribution >= 0.6 is 0 Å². The number of hydrogen-bond donors (Lipinski definition) is 3. The van der Waals surface area contributed by atoms with Crippen LogP contribution in [0.5, 0.6) is 0 Å². The minimum atomic E-state index is -3.24. The number of ether oxygens (including phenoxy) is 1. The molecule has 4 N–H and O–H groups in total. The molecule has 1 saturated heterocycles. The minimum absolute atomic E-state index is 0.0466. The van der Waals surface area contributed by atoms with Gasteiger partial charge in [-0.2, -0.15) is 0 Å². The van der Waals surface area contributed by atoms with E-state index in [0.717, 1.165) is 18.7 Å². The highest BCUT2D eigenvalue weighted by Crippen LogP contribution is 2.11. The number of hydrogen-bond acceptors (Lipinski definition) is 5. The number of benzene rings is 1. The van der Waals surface area contributed by atoms with Crippen molar-refractivity contribution in [1.82, 2.24) is 4.72 Å². The van der Waals surface area contributed by atoms with Crippen molar-refractivity contribution >= 4 is 21.4 Å². The first-order valence-corrected chi connectivity index (χ1v) is 8.35. The molecular weight excluding hydrogens is 278 g/mol. The maximum atomic E-state index is 11.8. The molecule has 1 aliphatic heterocycles. The largest absolute Gasteiger partial charge is 0.399 e. The summed E-state index contributed by atoms with van der Waals surface area (Å²) in [5.41, 5.74) is 7.12. The number of nitrogen functional groups attached to an aromatic ring is 1. The molecular formula is C13H21N3O3S. The number of anilines is 2. The molecule has 1 unspecified atom stereocenters. The van der Waals surface area contributed by atoms with Crippen LogP contribution in [0.4, 0.5) is 11.4 Å². The third-order valence-electron chi connectivity index (χ3n) is 3.23. The lowest BCUT2D eigenvalue weighted by Crippen LogP contribution is -2.33. The van der Waals surface area contributed by atoms with Crippen molar-refractivity contribution in [2.24, 2.45) is 5.92 Å². The molecule has 1 atom stereocenters. The maximum Gasteiger partial charge on any atom is 0.213 e. The zero-order valence-electron chi connectivity index (χ0n) is 11.3. The Labute approximate surface area is 119 Å². The SMILES string of the molecule is Nc1ccc(NCCS(=O)(=O)NCC2CCOC2)cc1. The van der Waals surface area contributed by atoms with Crippen LogP contribution in [0, 0.1) is 5.92 Å². The van der Waals surface area contributed by atoms with Gasteiger partial charge < -0.3 is 15.8 Å². The monoisotopic (exact) mass is 299 g/mol. The summed E-state index contributed by atoms with van der Waals surface area (Å²) in [4.78, 5) is 0. The summed E-state index contributed by atoms with van der Waals surface area (Å²) in [7, 11) is -3.24. The Hall–Kier alpha value is -1.31. The van der Waals surface area contributed by atoms with Crippen LogP contribution in [0.3, 0.4) is 0 Å².